The van der Waals surface area contributed by atoms with Gasteiger partial charge in [0.25, 0.3) is 5.91 Å². The Hall–Kier alpha value is -1.98. The number of carbonyl (C=O) groups is 2. The number of likely N-dealkylation sites (tertiary alicyclic amines) is 1. The zero-order valence-electron chi connectivity index (χ0n) is 15.3. The molecule has 6 heteroatoms. The van der Waals surface area contributed by atoms with E-state index in [-0.39, 0.29) is 12.0 Å². The van der Waals surface area contributed by atoms with Gasteiger partial charge < -0.3 is 19.5 Å². The first-order chi connectivity index (χ1) is 12.0. The van der Waals surface area contributed by atoms with Crippen LogP contribution < -0.4 is 0 Å². The van der Waals surface area contributed by atoms with Gasteiger partial charge in [0, 0.05) is 38.7 Å². The van der Waals surface area contributed by atoms with Crippen LogP contribution in [0.25, 0.3) is 0 Å². The molecule has 1 aromatic heterocycles. The number of rotatable bonds is 6. The molecule has 0 radical (unpaired) electrons. The summed E-state index contributed by atoms with van der Waals surface area (Å²) in [6.07, 6.45) is 7.69. The van der Waals surface area contributed by atoms with E-state index in [4.69, 9.17) is 4.74 Å². The first kappa shape index (κ1) is 17.8. The van der Waals surface area contributed by atoms with E-state index in [2.05, 4.69) is 11.9 Å². The summed E-state index contributed by atoms with van der Waals surface area (Å²) < 4.78 is 5.74. The van der Waals surface area contributed by atoms with Gasteiger partial charge in [-0.1, -0.05) is 26.2 Å². The lowest BCUT2D eigenvalue weighted by Crippen LogP contribution is -2.48. The number of unbranched alkanes of at least 4 members (excludes halogenated alkanes) is 3. The summed E-state index contributed by atoms with van der Waals surface area (Å²) in [4.78, 5) is 31.4. The molecule has 0 saturated carbocycles. The van der Waals surface area contributed by atoms with Crippen LogP contribution in [0.15, 0.2) is 12.3 Å². The van der Waals surface area contributed by atoms with Crippen LogP contribution in [-0.4, -0.2) is 58.6 Å². The van der Waals surface area contributed by atoms with Gasteiger partial charge in [-0.2, -0.15) is 0 Å². The number of amides is 2. The number of aromatic amines is 1. The molecule has 3 rings (SSSR count). The van der Waals surface area contributed by atoms with Gasteiger partial charge in [0.05, 0.1) is 6.54 Å². The number of aryl methyl sites for hydroxylation is 1. The molecule has 0 unspecified atom stereocenters. The van der Waals surface area contributed by atoms with Gasteiger partial charge in [-0.3, -0.25) is 4.79 Å². The molecular formula is C19H29N3O3. The molecule has 1 aromatic rings. The molecule has 0 aliphatic carbocycles. The Bertz CT molecular complexity index is 617. The Morgan fingerprint density at radius 2 is 2.04 bits per heavy atom. The van der Waals surface area contributed by atoms with Gasteiger partial charge >= 0.3 is 6.09 Å². The summed E-state index contributed by atoms with van der Waals surface area (Å²) in [7, 11) is 0. The Labute approximate surface area is 149 Å². The van der Waals surface area contributed by atoms with Crippen molar-refractivity contribution in [1.82, 2.24) is 14.8 Å². The molecule has 2 saturated heterocycles. The van der Waals surface area contributed by atoms with Crippen LogP contribution >= 0.6 is 0 Å². The van der Waals surface area contributed by atoms with E-state index < -0.39 is 5.60 Å². The van der Waals surface area contributed by atoms with Gasteiger partial charge in [0.2, 0.25) is 0 Å². The minimum Gasteiger partial charge on any atom is -0.441 e. The van der Waals surface area contributed by atoms with Crippen molar-refractivity contribution in [3.8, 4) is 0 Å². The SMILES string of the molecule is CCCCCCN1CC2(CCN(C(=O)c3cc(C)c[nH]3)CC2)OC1=O. The molecule has 0 atom stereocenters. The van der Waals surface area contributed by atoms with Crippen molar-refractivity contribution in [1.29, 1.82) is 0 Å². The van der Waals surface area contributed by atoms with E-state index in [1.54, 1.807) is 0 Å². The van der Waals surface area contributed by atoms with E-state index in [1.807, 2.05) is 29.0 Å². The van der Waals surface area contributed by atoms with Gasteiger partial charge in [-0.25, -0.2) is 4.79 Å². The van der Waals surface area contributed by atoms with Crippen molar-refractivity contribution in [3.63, 3.8) is 0 Å². The van der Waals surface area contributed by atoms with Crippen molar-refractivity contribution in [2.75, 3.05) is 26.2 Å². The molecule has 6 nitrogen and oxygen atoms in total. The van der Waals surface area contributed by atoms with E-state index in [1.165, 1.54) is 12.8 Å². The maximum absolute atomic E-state index is 12.5. The molecule has 25 heavy (non-hydrogen) atoms. The number of aromatic nitrogens is 1. The highest BCUT2D eigenvalue weighted by molar-refractivity contribution is 5.92. The van der Waals surface area contributed by atoms with Crippen LogP contribution in [0.1, 0.15) is 61.5 Å². The minimum absolute atomic E-state index is 0.0312. The maximum atomic E-state index is 12.5. The second-order valence-corrected chi connectivity index (χ2v) is 7.42. The Morgan fingerprint density at radius 1 is 1.28 bits per heavy atom. The fraction of sp³-hybridized carbons (Fsp3) is 0.684. The lowest BCUT2D eigenvalue weighted by molar-refractivity contribution is 0.00298. The smallest absolute Gasteiger partial charge is 0.410 e. The average Bonchev–Trinajstić information content (AvgIpc) is 3.16. The quantitative estimate of drug-likeness (QED) is 0.803. The monoisotopic (exact) mass is 347 g/mol. The lowest BCUT2D eigenvalue weighted by atomic mass is 9.91. The summed E-state index contributed by atoms with van der Waals surface area (Å²) in [5.74, 6) is 0.0312. The molecule has 0 aromatic carbocycles. The third-order valence-corrected chi connectivity index (χ3v) is 5.34. The van der Waals surface area contributed by atoms with Crippen molar-refractivity contribution >= 4 is 12.0 Å². The molecule has 0 bridgehead atoms. The third-order valence-electron chi connectivity index (χ3n) is 5.34. The molecule has 138 valence electrons. The summed E-state index contributed by atoms with van der Waals surface area (Å²) in [5, 5.41) is 0. The number of hydrogen-bond acceptors (Lipinski definition) is 3. The van der Waals surface area contributed by atoms with Crippen molar-refractivity contribution in [2.24, 2.45) is 0 Å². The number of piperidine rings is 1. The van der Waals surface area contributed by atoms with Crippen LogP contribution in [0.5, 0.6) is 0 Å². The number of ether oxygens (including phenoxy) is 1. The van der Waals surface area contributed by atoms with Gasteiger partial charge in [-0.05, 0) is 25.0 Å². The van der Waals surface area contributed by atoms with E-state index >= 15 is 0 Å². The summed E-state index contributed by atoms with van der Waals surface area (Å²) in [6, 6.07) is 1.88. The van der Waals surface area contributed by atoms with Crippen LogP contribution in [0.2, 0.25) is 0 Å². The number of nitrogens with one attached hydrogen (secondary N) is 1. The molecule has 2 amide bonds. The Kier molecular flexibility index (Phi) is 5.35. The predicted molar refractivity (Wildman–Crippen MR) is 95.6 cm³/mol. The first-order valence-corrected chi connectivity index (χ1v) is 9.45. The molecule has 2 aliphatic heterocycles. The first-order valence-electron chi connectivity index (χ1n) is 9.45. The van der Waals surface area contributed by atoms with E-state index in [0.717, 1.165) is 37.8 Å². The summed E-state index contributed by atoms with van der Waals surface area (Å²) in [5.41, 5.74) is 1.29. The standard InChI is InChI=1S/C19H29N3O3/c1-3-4-5-6-9-22-14-19(25-18(22)24)7-10-21(11-8-19)17(23)16-12-15(2)13-20-16/h12-13,20H,3-11,14H2,1-2H3. The molecule has 3 heterocycles. The number of hydrogen-bond donors (Lipinski definition) is 1. The highest BCUT2D eigenvalue weighted by Crippen LogP contribution is 2.33. The molecule has 2 fully saturated rings. The van der Waals surface area contributed by atoms with Crippen LogP contribution in [0.3, 0.4) is 0 Å². The van der Waals surface area contributed by atoms with Crippen molar-refractivity contribution in [3.05, 3.63) is 23.5 Å². The highest BCUT2D eigenvalue weighted by atomic mass is 16.6. The van der Waals surface area contributed by atoms with Gasteiger partial charge in [-0.15, -0.1) is 0 Å². The average molecular weight is 347 g/mol. The fourth-order valence-corrected chi connectivity index (χ4v) is 3.77. The fourth-order valence-electron chi connectivity index (χ4n) is 3.77. The van der Waals surface area contributed by atoms with Crippen LogP contribution in [0.4, 0.5) is 4.79 Å². The zero-order valence-corrected chi connectivity index (χ0v) is 15.3. The number of nitrogens with zero attached hydrogens (tertiary/aromatic N) is 2. The van der Waals surface area contributed by atoms with Gasteiger partial charge in [0.1, 0.15) is 11.3 Å². The third kappa shape index (κ3) is 3.99. The summed E-state index contributed by atoms with van der Waals surface area (Å²) in [6.45, 7) is 6.86. The Morgan fingerprint density at radius 3 is 2.68 bits per heavy atom. The minimum atomic E-state index is -0.399. The molecule has 1 N–H and O–H groups in total. The molecular weight excluding hydrogens is 318 g/mol. The number of carbonyl (C=O) groups excluding carboxylic acids is 2. The number of H-pyrrole nitrogens is 1. The predicted octanol–water partition coefficient (Wildman–Crippen LogP) is 3.33. The highest BCUT2D eigenvalue weighted by Gasteiger charge is 2.47. The lowest BCUT2D eigenvalue weighted by Gasteiger charge is -2.37. The topological polar surface area (TPSA) is 65.6 Å². The van der Waals surface area contributed by atoms with Crippen molar-refractivity contribution < 1.29 is 14.3 Å². The molecule has 1 spiro atoms. The normalized spacial score (nSPS) is 19.5. The van der Waals surface area contributed by atoms with Crippen LogP contribution in [0, 0.1) is 6.92 Å². The largest absolute Gasteiger partial charge is 0.441 e. The second kappa shape index (κ2) is 7.50. The maximum Gasteiger partial charge on any atom is 0.410 e. The van der Waals surface area contributed by atoms with Gasteiger partial charge in [0.15, 0.2) is 0 Å². The van der Waals surface area contributed by atoms with Crippen LogP contribution in [-0.2, 0) is 4.74 Å². The van der Waals surface area contributed by atoms with E-state index in [0.29, 0.717) is 25.3 Å². The molecule has 2 aliphatic rings. The van der Waals surface area contributed by atoms with E-state index in [9.17, 15) is 9.59 Å². The second-order valence-electron chi connectivity index (χ2n) is 7.42. The Balaban J connectivity index is 1.51. The zero-order chi connectivity index (χ0) is 17.9. The summed E-state index contributed by atoms with van der Waals surface area (Å²) >= 11 is 0. The van der Waals surface area contributed by atoms with Crippen molar-refractivity contribution in [2.45, 2.75) is 58.0 Å².